The summed E-state index contributed by atoms with van der Waals surface area (Å²) in [5, 5.41) is 4.33. The van der Waals surface area contributed by atoms with Crippen LogP contribution >= 0.6 is 0 Å². The van der Waals surface area contributed by atoms with Gasteiger partial charge in [0.25, 0.3) is 0 Å². The number of piperidine rings is 2. The molecule has 0 radical (unpaired) electrons. The van der Waals surface area contributed by atoms with Crippen LogP contribution in [-0.4, -0.2) is 63.9 Å². The first-order valence-corrected chi connectivity index (χ1v) is 19.4. The Morgan fingerprint density at radius 2 is 0.739 bits per heavy atom. The fourth-order valence-electron chi connectivity index (χ4n) is 8.29. The Morgan fingerprint density at radius 1 is 0.478 bits per heavy atom. The van der Waals surface area contributed by atoms with Gasteiger partial charge in [0.1, 0.15) is 12.2 Å². The molecule has 2 aliphatic heterocycles. The maximum atomic E-state index is 13.2. The molecule has 0 aromatic heterocycles. The van der Waals surface area contributed by atoms with Crippen molar-refractivity contribution >= 4 is 6.16 Å². The van der Waals surface area contributed by atoms with Crippen molar-refractivity contribution in [2.75, 3.05) is 13.2 Å². The third-order valence-corrected chi connectivity index (χ3v) is 10.1. The monoisotopic (exact) mass is 653 g/mol. The van der Waals surface area contributed by atoms with E-state index in [1.807, 2.05) is 0 Å². The molecule has 0 atom stereocenters. The van der Waals surface area contributed by atoms with Crippen LogP contribution in [0.1, 0.15) is 198 Å². The summed E-state index contributed by atoms with van der Waals surface area (Å²) in [5.41, 5.74) is -1.02. The van der Waals surface area contributed by atoms with Gasteiger partial charge in [0.05, 0.1) is 13.2 Å². The summed E-state index contributed by atoms with van der Waals surface area (Å²) in [7, 11) is 0. The van der Waals surface area contributed by atoms with Gasteiger partial charge in [-0.2, -0.15) is 10.1 Å². The highest BCUT2D eigenvalue weighted by atomic mass is 16.7. The molecule has 272 valence electrons. The van der Waals surface area contributed by atoms with Crippen LogP contribution in [0, 0.1) is 0 Å². The van der Waals surface area contributed by atoms with Gasteiger partial charge < -0.3 is 9.47 Å². The lowest BCUT2D eigenvalue weighted by Gasteiger charge is -2.54. The third-order valence-electron chi connectivity index (χ3n) is 10.1. The predicted octanol–water partition coefficient (Wildman–Crippen LogP) is 11.3. The van der Waals surface area contributed by atoms with Crippen molar-refractivity contribution in [3.05, 3.63) is 0 Å². The molecule has 7 heteroatoms. The van der Waals surface area contributed by atoms with E-state index in [0.717, 1.165) is 26.1 Å². The molecular formula is C39H76N2O5. The smallest absolute Gasteiger partial charge is 0.431 e. The fraction of sp³-hybridized carbons (Fsp3) is 0.974. The molecule has 0 aromatic carbocycles. The van der Waals surface area contributed by atoms with E-state index in [4.69, 9.17) is 19.1 Å². The van der Waals surface area contributed by atoms with Crippen molar-refractivity contribution in [3.63, 3.8) is 0 Å². The number of rotatable bonds is 22. The molecular weight excluding hydrogens is 576 g/mol. The van der Waals surface area contributed by atoms with Crippen LogP contribution in [0.2, 0.25) is 0 Å². The minimum absolute atomic E-state index is 0.212. The van der Waals surface area contributed by atoms with E-state index in [0.29, 0.717) is 25.7 Å². The van der Waals surface area contributed by atoms with E-state index in [2.05, 4.69) is 79.4 Å². The van der Waals surface area contributed by atoms with Crippen molar-refractivity contribution in [1.29, 1.82) is 0 Å². The van der Waals surface area contributed by atoms with Crippen LogP contribution in [0.25, 0.3) is 0 Å². The van der Waals surface area contributed by atoms with Crippen LogP contribution in [-0.2, 0) is 19.1 Å². The number of ether oxygens (including phenoxy) is 2. The van der Waals surface area contributed by atoms with Gasteiger partial charge in [-0.25, -0.2) is 4.79 Å². The SMILES string of the molecule is CCCCCCCCCCON1C(C)(C)CC(OC(=O)OC2CC(C)(C)N(OCCCCCCCCCC)C(C)(C)C2)CC1(C)C. The highest BCUT2D eigenvalue weighted by Crippen LogP contribution is 2.42. The minimum atomic E-state index is -0.546. The largest absolute Gasteiger partial charge is 0.508 e. The number of carbonyl (C=O) groups is 1. The van der Waals surface area contributed by atoms with Crippen molar-refractivity contribution in [2.45, 2.75) is 232 Å². The second kappa shape index (κ2) is 19.9. The summed E-state index contributed by atoms with van der Waals surface area (Å²) in [6.45, 7) is 23.5. The Labute approximate surface area is 285 Å². The van der Waals surface area contributed by atoms with E-state index >= 15 is 0 Å². The van der Waals surface area contributed by atoms with Gasteiger partial charge in [0.15, 0.2) is 0 Å². The molecule has 2 aliphatic rings. The summed E-state index contributed by atoms with van der Waals surface area (Å²) in [6, 6.07) is 0. The lowest BCUT2D eigenvalue weighted by atomic mass is 9.80. The number of carbonyl (C=O) groups excluding carboxylic acids is 1. The summed E-state index contributed by atoms with van der Waals surface area (Å²) in [5.74, 6) is 0. The van der Waals surface area contributed by atoms with Crippen molar-refractivity contribution in [2.24, 2.45) is 0 Å². The number of hydrogen-bond acceptors (Lipinski definition) is 7. The molecule has 2 rings (SSSR count). The molecule has 0 bridgehead atoms. The maximum absolute atomic E-state index is 13.2. The number of nitrogens with zero attached hydrogens (tertiary/aromatic N) is 2. The summed E-state index contributed by atoms with van der Waals surface area (Å²) < 4.78 is 12.0. The zero-order chi connectivity index (χ0) is 34.3. The molecule has 46 heavy (non-hydrogen) atoms. The van der Waals surface area contributed by atoms with Crippen LogP contribution in [0.5, 0.6) is 0 Å². The van der Waals surface area contributed by atoms with Crippen LogP contribution < -0.4 is 0 Å². The molecule has 0 spiro atoms. The zero-order valence-electron chi connectivity index (χ0n) is 32.1. The summed E-state index contributed by atoms with van der Waals surface area (Å²) in [4.78, 5) is 26.0. The second-order valence-electron chi connectivity index (χ2n) is 17.0. The standard InChI is InChI=1S/C39H76N2O5/c1-11-13-15-17-19-21-23-25-27-43-40-36(3,4)29-33(30-37(40,5)6)45-35(42)46-34-31-38(7,8)41(39(9,10)32-34)44-28-26-24-22-20-18-16-14-12-2/h33-34H,11-32H2,1-10H3. The average molecular weight is 653 g/mol. The van der Waals surface area contributed by atoms with E-state index in [1.54, 1.807) is 0 Å². The molecule has 0 N–H and O–H groups in total. The molecule has 0 amide bonds. The first-order valence-electron chi connectivity index (χ1n) is 19.4. The second-order valence-corrected chi connectivity index (χ2v) is 17.0. The fourth-order valence-corrected chi connectivity index (χ4v) is 8.29. The van der Waals surface area contributed by atoms with Gasteiger partial charge in [-0.15, -0.1) is 0 Å². The summed E-state index contributed by atoms with van der Waals surface area (Å²) in [6.07, 6.45) is 22.5. The van der Waals surface area contributed by atoms with E-state index in [1.165, 1.54) is 89.9 Å². The molecule has 0 unspecified atom stereocenters. The molecule has 2 fully saturated rings. The molecule has 2 saturated heterocycles. The minimum Gasteiger partial charge on any atom is -0.431 e. The van der Waals surface area contributed by atoms with E-state index < -0.39 is 6.16 Å². The number of hydroxylamine groups is 4. The molecule has 0 aromatic rings. The Kier molecular flexibility index (Phi) is 17.9. The van der Waals surface area contributed by atoms with E-state index in [9.17, 15) is 4.79 Å². The number of unbranched alkanes of at least 4 members (excludes halogenated alkanes) is 14. The van der Waals surface area contributed by atoms with E-state index in [-0.39, 0.29) is 34.4 Å². The Bertz CT molecular complexity index is 740. The first kappa shape index (κ1) is 41.3. The summed E-state index contributed by atoms with van der Waals surface area (Å²) >= 11 is 0. The normalized spacial score (nSPS) is 21.8. The van der Waals surface area contributed by atoms with Crippen molar-refractivity contribution in [1.82, 2.24) is 10.1 Å². The van der Waals surface area contributed by atoms with Gasteiger partial charge in [-0.05, 0) is 68.2 Å². The molecule has 0 saturated carbocycles. The molecule has 2 heterocycles. The molecule has 7 nitrogen and oxygen atoms in total. The van der Waals surface area contributed by atoms with Crippen LogP contribution in [0.15, 0.2) is 0 Å². The van der Waals surface area contributed by atoms with Crippen LogP contribution in [0.4, 0.5) is 4.79 Å². The number of hydrogen-bond donors (Lipinski definition) is 0. The predicted molar refractivity (Wildman–Crippen MR) is 191 cm³/mol. The van der Waals surface area contributed by atoms with Gasteiger partial charge in [-0.1, -0.05) is 104 Å². The maximum Gasteiger partial charge on any atom is 0.508 e. The van der Waals surface area contributed by atoms with Gasteiger partial charge in [0.2, 0.25) is 0 Å². The third kappa shape index (κ3) is 14.3. The highest BCUT2D eigenvalue weighted by molar-refractivity contribution is 5.60. The molecule has 0 aliphatic carbocycles. The lowest BCUT2D eigenvalue weighted by Crippen LogP contribution is -2.62. The van der Waals surface area contributed by atoms with Crippen molar-refractivity contribution in [3.8, 4) is 0 Å². The Morgan fingerprint density at radius 3 is 1.02 bits per heavy atom. The van der Waals surface area contributed by atoms with Crippen molar-refractivity contribution < 1.29 is 23.9 Å². The topological polar surface area (TPSA) is 60.5 Å². The zero-order valence-corrected chi connectivity index (χ0v) is 32.1. The first-order chi connectivity index (χ1) is 21.6. The Balaban J connectivity index is 1.77. The Hall–Kier alpha value is -0.890. The lowest BCUT2D eigenvalue weighted by molar-refractivity contribution is -0.296. The van der Waals surface area contributed by atoms with Gasteiger partial charge in [-0.3, -0.25) is 9.68 Å². The highest BCUT2D eigenvalue weighted by Gasteiger charge is 2.50. The quantitative estimate of drug-likeness (QED) is 0.0852. The van der Waals surface area contributed by atoms with Gasteiger partial charge >= 0.3 is 6.16 Å². The van der Waals surface area contributed by atoms with Gasteiger partial charge in [0, 0.05) is 47.8 Å². The van der Waals surface area contributed by atoms with Crippen LogP contribution in [0.3, 0.4) is 0 Å². The average Bonchev–Trinajstić information content (AvgIpc) is 2.92.